The van der Waals surface area contributed by atoms with Crippen LogP contribution >= 0.6 is 0 Å². The van der Waals surface area contributed by atoms with Crippen molar-refractivity contribution in [1.82, 2.24) is 19.1 Å². The van der Waals surface area contributed by atoms with E-state index in [4.69, 9.17) is 0 Å². The smallest absolute Gasteiger partial charge is 0.279 e. The molecule has 1 N–H and O–H groups in total. The van der Waals surface area contributed by atoms with Crippen LogP contribution < -0.4 is 10.4 Å². The van der Waals surface area contributed by atoms with Crippen LogP contribution in [0.5, 0.6) is 0 Å². The van der Waals surface area contributed by atoms with Gasteiger partial charge in [-0.3, -0.25) is 4.57 Å². The quantitative estimate of drug-likeness (QED) is 0.876. The average Bonchev–Trinajstić information content (AvgIpc) is 2.66. The summed E-state index contributed by atoms with van der Waals surface area (Å²) in [5.41, 5.74) is 0.614. The van der Waals surface area contributed by atoms with Gasteiger partial charge in [-0.15, -0.1) is 0 Å². The summed E-state index contributed by atoms with van der Waals surface area (Å²) in [6.45, 7) is 0.487. The fourth-order valence-electron chi connectivity index (χ4n) is 2.90. The lowest BCUT2D eigenvalue weighted by Crippen LogP contribution is -2.36. The zero-order valence-electron chi connectivity index (χ0n) is 13.0. The molecule has 1 aromatic heterocycles. The molecule has 0 radical (unpaired) electrons. The van der Waals surface area contributed by atoms with E-state index < -0.39 is 10.0 Å². The Morgan fingerprint density at radius 1 is 1.26 bits per heavy atom. The highest BCUT2D eigenvalue weighted by atomic mass is 32.2. The molecule has 0 saturated carbocycles. The van der Waals surface area contributed by atoms with Gasteiger partial charge in [0.1, 0.15) is 5.82 Å². The highest BCUT2D eigenvalue weighted by Crippen LogP contribution is 2.14. The van der Waals surface area contributed by atoms with Crippen molar-refractivity contribution < 1.29 is 8.42 Å². The first-order valence-corrected chi connectivity index (χ1v) is 9.26. The van der Waals surface area contributed by atoms with Gasteiger partial charge in [0.05, 0.1) is 5.75 Å². The Morgan fingerprint density at radius 2 is 2.00 bits per heavy atom. The predicted molar refractivity (Wildman–Crippen MR) is 86.4 cm³/mol. The van der Waals surface area contributed by atoms with Gasteiger partial charge in [0, 0.05) is 26.1 Å². The average molecular weight is 336 g/mol. The van der Waals surface area contributed by atoms with E-state index in [0.29, 0.717) is 25.8 Å². The summed E-state index contributed by atoms with van der Waals surface area (Å²) in [5.74, 6) is 0.693. The Morgan fingerprint density at radius 3 is 2.74 bits per heavy atom. The molecule has 2 heterocycles. The zero-order chi connectivity index (χ0) is 16.4. The minimum atomic E-state index is -3.40. The van der Waals surface area contributed by atoms with E-state index in [-0.39, 0.29) is 17.5 Å². The molecule has 3 rings (SSSR count). The van der Waals surface area contributed by atoms with Crippen molar-refractivity contribution in [3.63, 3.8) is 0 Å². The van der Waals surface area contributed by atoms with E-state index in [1.54, 1.807) is 23.7 Å². The first-order chi connectivity index (χ1) is 10.9. The van der Waals surface area contributed by atoms with E-state index in [0.717, 1.165) is 11.4 Å². The zero-order valence-corrected chi connectivity index (χ0v) is 13.8. The van der Waals surface area contributed by atoms with Gasteiger partial charge in [0.25, 0.3) is 0 Å². The lowest BCUT2D eigenvalue weighted by molar-refractivity contribution is 0.489. The summed E-state index contributed by atoms with van der Waals surface area (Å²) in [6, 6.07) is 8.93. The van der Waals surface area contributed by atoms with Crippen molar-refractivity contribution in [3.8, 4) is 0 Å². The molecule has 1 atom stereocenters. The van der Waals surface area contributed by atoms with Crippen molar-refractivity contribution in [2.45, 2.75) is 37.6 Å². The van der Waals surface area contributed by atoms with Crippen molar-refractivity contribution in [1.29, 1.82) is 0 Å². The van der Waals surface area contributed by atoms with Gasteiger partial charge in [-0.05, 0) is 18.4 Å². The Kier molecular flexibility index (Phi) is 4.36. The molecule has 23 heavy (non-hydrogen) atoms. The molecular formula is C15H20N4O3S. The van der Waals surface area contributed by atoms with E-state index in [9.17, 15) is 13.2 Å². The summed E-state index contributed by atoms with van der Waals surface area (Å²) in [6.07, 6.45) is 1.83. The van der Waals surface area contributed by atoms with Crippen molar-refractivity contribution in [3.05, 3.63) is 52.2 Å². The molecule has 1 aromatic carbocycles. The maximum atomic E-state index is 12.3. The third-order valence-electron chi connectivity index (χ3n) is 4.05. The third kappa shape index (κ3) is 3.70. The highest BCUT2D eigenvalue weighted by Gasteiger charge is 2.23. The maximum Gasteiger partial charge on any atom is 0.345 e. The number of aryl methyl sites for hydroxylation is 2. The molecule has 8 heteroatoms. The van der Waals surface area contributed by atoms with Crippen LogP contribution in [0.25, 0.3) is 0 Å². The van der Waals surface area contributed by atoms with Gasteiger partial charge in [0.2, 0.25) is 10.0 Å². The molecule has 1 unspecified atom stereocenters. The molecular weight excluding hydrogens is 316 g/mol. The van der Waals surface area contributed by atoms with Crippen LogP contribution in [0.3, 0.4) is 0 Å². The van der Waals surface area contributed by atoms with Crippen molar-refractivity contribution in [2.75, 3.05) is 0 Å². The first-order valence-electron chi connectivity index (χ1n) is 7.61. The van der Waals surface area contributed by atoms with Gasteiger partial charge < -0.3 is 0 Å². The standard InChI is InChI=1S/C15H20N4O3S/c1-18-15(20)19-10-9-13(7-8-14(19)16-18)17-23(21,22)11-12-5-3-2-4-6-12/h2-6,13,17H,7-11H2,1H3. The number of fused-ring (bicyclic) bond motifs is 1. The number of nitrogens with zero attached hydrogens (tertiary/aromatic N) is 3. The molecule has 1 aliphatic heterocycles. The van der Waals surface area contributed by atoms with Gasteiger partial charge in [-0.25, -0.2) is 22.6 Å². The lowest BCUT2D eigenvalue weighted by atomic mass is 10.1. The number of sulfonamides is 1. The summed E-state index contributed by atoms with van der Waals surface area (Å²) < 4.78 is 30.4. The molecule has 0 saturated heterocycles. The monoisotopic (exact) mass is 336 g/mol. The summed E-state index contributed by atoms with van der Waals surface area (Å²) >= 11 is 0. The van der Waals surface area contributed by atoms with Crippen LogP contribution in [0.1, 0.15) is 24.2 Å². The number of nitrogens with one attached hydrogen (secondary N) is 1. The van der Waals surface area contributed by atoms with Crippen LogP contribution in [0, 0.1) is 0 Å². The molecule has 7 nitrogen and oxygen atoms in total. The largest absolute Gasteiger partial charge is 0.345 e. The second kappa shape index (κ2) is 6.29. The number of hydrogen-bond acceptors (Lipinski definition) is 4. The van der Waals surface area contributed by atoms with Crippen LogP contribution in [0.4, 0.5) is 0 Å². The normalized spacial score (nSPS) is 18.4. The fourth-order valence-corrected chi connectivity index (χ4v) is 4.36. The SMILES string of the molecule is Cn1nc2n(c1=O)CCC(NS(=O)(=O)Cc1ccccc1)CC2. The lowest BCUT2D eigenvalue weighted by Gasteiger charge is -2.16. The number of hydrogen-bond donors (Lipinski definition) is 1. The summed E-state index contributed by atoms with van der Waals surface area (Å²) in [7, 11) is -1.77. The van der Waals surface area contributed by atoms with Crippen LogP contribution in [0.15, 0.2) is 35.1 Å². The second-order valence-electron chi connectivity index (χ2n) is 5.86. The number of rotatable bonds is 4. The molecule has 0 amide bonds. The van der Waals surface area contributed by atoms with Crippen LogP contribution in [-0.2, 0) is 35.8 Å². The third-order valence-corrected chi connectivity index (χ3v) is 5.45. The van der Waals surface area contributed by atoms with E-state index in [1.807, 2.05) is 18.2 Å². The Labute approximate surface area is 135 Å². The fraction of sp³-hybridized carbons (Fsp3) is 0.467. The first kappa shape index (κ1) is 15.9. The number of aromatic nitrogens is 3. The second-order valence-corrected chi connectivity index (χ2v) is 7.61. The molecule has 2 aromatic rings. The summed E-state index contributed by atoms with van der Waals surface area (Å²) in [5, 5.41) is 4.20. The predicted octanol–water partition coefficient (Wildman–Crippen LogP) is 0.406. The Bertz CT molecular complexity index is 839. The molecule has 0 spiro atoms. The summed E-state index contributed by atoms with van der Waals surface area (Å²) in [4.78, 5) is 11.9. The molecule has 1 aliphatic rings. The van der Waals surface area contributed by atoms with Gasteiger partial charge >= 0.3 is 5.69 Å². The molecule has 124 valence electrons. The number of benzene rings is 1. The Balaban J connectivity index is 1.66. The van der Waals surface area contributed by atoms with Gasteiger partial charge in [0.15, 0.2) is 0 Å². The molecule has 0 fully saturated rings. The van der Waals surface area contributed by atoms with E-state index >= 15 is 0 Å². The van der Waals surface area contributed by atoms with Crippen LogP contribution in [-0.4, -0.2) is 28.8 Å². The maximum absolute atomic E-state index is 12.3. The van der Waals surface area contributed by atoms with Crippen molar-refractivity contribution >= 4 is 10.0 Å². The molecule has 0 aliphatic carbocycles. The molecule has 0 bridgehead atoms. The van der Waals surface area contributed by atoms with E-state index in [2.05, 4.69) is 9.82 Å². The topological polar surface area (TPSA) is 86.0 Å². The van der Waals surface area contributed by atoms with Crippen molar-refractivity contribution in [2.24, 2.45) is 7.05 Å². The van der Waals surface area contributed by atoms with Crippen LogP contribution in [0.2, 0.25) is 0 Å². The van der Waals surface area contributed by atoms with Gasteiger partial charge in [-0.2, -0.15) is 5.10 Å². The van der Waals surface area contributed by atoms with Gasteiger partial charge in [-0.1, -0.05) is 30.3 Å². The minimum absolute atomic E-state index is 0.0311. The minimum Gasteiger partial charge on any atom is -0.279 e. The Hall–Kier alpha value is -1.93. The highest BCUT2D eigenvalue weighted by molar-refractivity contribution is 7.88. The van der Waals surface area contributed by atoms with E-state index in [1.165, 1.54) is 4.68 Å².